The summed E-state index contributed by atoms with van der Waals surface area (Å²) in [5.74, 6) is 1.16. The van der Waals surface area contributed by atoms with Gasteiger partial charge < -0.3 is 20.7 Å². The molecule has 2 aliphatic rings. The van der Waals surface area contributed by atoms with E-state index >= 15 is 0 Å². The van der Waals surface area contributed by atoms with Gasteiger partial charge in [-0.25, -0.2) is 4.79 Å². The molecule has 1 atom stereocenters. The van der Waals surface area contributed by atoms with Gasteiger partial charge in [0.2, 0.25) is 0 Å². The first-order chi connectivity index (χ1) is 13.2. The summed E-state index contributed by atoms with van der Waals surface area (Å²) in [6.07, 6.45) is 10.6. The smallest absolute Gasteiger partial charge is 0.314 e. The Kier molecular flexibility index (Phi) is 7.13. The Morgan fingerprint density at radius 2 is 1.85 bits per heavy atom. The molecule has 2 aliphatic carbocycles. The lowest BCUT2D eigenvalue weighted by Gasteiger charge is -2.18. The van der Waals surface area contributed by atoms with Gasteiger partial charge in [-0.2, -0.15) is 0 Å². The van der Waals surface area contributed by atoms with Gasteiger partial charge in [0.25, 0.3) is 5.91 Å². The van der Waals surface area contributed by atoms with Gasteiger partial charge in [-0.3, -0.25) is 4.79 Å². The Morgan fingerprint density at radius 3 is 2.56 bits per heavy atom. The molecule has 3 amide bonds. The van der Waals surface area contributed by atoms with Crippen LogP contribution in [0.1, 0.15) is 37.7 Å². The van der Waals surface area contributed by atoms with E-state index in [1.807, 2.05) is 24.3 Å². The van der Waals surface area contributed by atoms with E-state index in [1.165, 1.54) is 0 Å². The number of ether oxygens (including phenoxy) is 1. The van der Waals surface area contributed by atoms with Crippen molar-refractivity contribution in [2.24, 2.45) is 5.92 Å². The maximum absolute atomic E-state index is 11.9. The second-order valence-corrected chi connectivity index (χ2v) is 7.31. The highest BCUT2D eigenvalue weighted by Crippen LogP contribution is 2.19. The van der Waals surface area contributed by atoms with Gasteiger partial charge in [0.1, 0.15) is 5.75 Å². The molecule has 146 valence electrons. The molecule has 1 aromatic carbocycles. The van der Waals surface area contributed by atoms with Crippen LogP contribution in [0.4, 0.5) is 4.79 Å². The normalized spacial score (nSPS) is 18.6. The van der Waals surface area contributed by atoms with Gasteiger partial charge in [-0.1, -0.05) is 24.3 Å². The van der Waals surface area contributed by atoms with E-state index in [9.17, 15) is 9.59 Å². The van der Waals surface area contributed by atoms with Gasteiger partial charge in [-0.15, -0.1) is 0 Å². The second-order valence-electron chi connectivity index (χ2n) is 7.31. The molecule has 0 heterocycles. The first kappa shape index (κ1) is 19.3. The molecule has 6 heteroatoms. The van der Waals surface area contributed by atoms with Crippen molar-refractivity contribution >= 4 is 11.9 Å². The first-order valence-electron chi connectivity index (χ1n) is 9.87. The summed E-state index contributed by atoms with van der Waals surface area (Å²) in [6, 6.07) is 7.88. The maximum Gasteiger partial charge on any atom is 0.314 e. The average Bonchev–Trinajstić information content (AvgIpc) is 3.50. The molecule has 0 radical (unpaired) electrons. The molecule has 3 rings (SSSR count). The van der Waals surface area contributed by atoms with E-state index in [4.69, 9.17) is 4.74 Å². The summed E-state index contributed by atoms with van der Waals surface area (Å²) >= 11 is 0. The molecule has 1 aromatic rings. The summed E-state index contributed by atoms with van der Waals surface area (Å²) in [5.41, 5.74) is 1.11. The van der Waals surface area contributed by atoms with Crippen molar-refractivity contribution in [2.75, 3.05) is 19.7 Å². The zero-order valence-corrected chi connectivity index (χ0v) is 15.7. The predicted molar refractivity (Wildman–Crippen MR) is 105 cm³/mol. The van der Waals surface area contributed by atoms with E-state index in [1.54, 1.807) is 0 Å². The van der Waals surface area contributed by atoms with Crippen molar-refractivity contribution in [3.63, 3.8) is 0 Å². The van der Waals surface area contributed by atoms with Crippen molar-refractivity contribution in [2.45, 2.75) is 44.6 Å². The number of carbonyl (C=O) groups is 2. The van der Waals surface area contributed by atoms with Gasteiger partial charge in [-0.05, 0) is 62.1 Å². The topological polar surface area (TPSA) is 79.5 Å². The second kappa shape index (κ2) is 10.00. The number of amides is 3. The van der Waals surface area contributed by atoms with Crippen LogP contribution in [0.5, 0.6) is 5.75 Å². The molecule has 27 heavy (non-hydrogen) atoms. The molecule has 0 aromatic heterocycles. The Bertz CT molecular complexity index is 653. The van der Waals surface area contributed by atoms with Crippen molar-refractivity contribution in [3.05, 3.63) is 42.0 Å². The number of hydrogen-bond acceptors (Lipinski definition) is 3. The molecule has 0 saturated heterocycles. The number of allylic oxidation sites excluding steroid dienone is 2. The summed E-state index contributed by atoms with van der Waals surface area (Å²) in [6.45, 7) is 1.37. The Morgan fingerprint density at radius 1 is 1.04 bits per heavy atom. The molecule has 0 bridgehead atoms. The van der Waals surface area contributed by atoms with Crippen LogP contribution in [0.3, 0.4) is 0 Å². The molecule has 3 N–H and O–H groups in total. The number of urea groups is 1. The van der Waals surface area contributed by atoms with Gasteiger partial charge in [0, 0.05) is 19.1 Å². The van der Waals surface area contributed by atoms with Crippen molar-refractivity contribution in [1.82, 2.24) is 16.0 Å². The zero-order valence-electron chi connectivity index (χ0n) is 15.7. The first-order valence-corrected chi connectivity index (χ1v) is 9.87. The predicted octanol–water partition coefficient (Wildman–Crippen LogP) is 2.54. The highest BCUT2D eigenvalue weighted by molar-refractivity contribution is 5.78. The largest absolute Gasteiger partial charge is 0.484 e. The molecule has 0 aliphatic heterocycles. The van der Waals surface area contributed by atoms with E-state index in [0.717, 1.165) is 50.6 Å². The maximum atomic E-state index is 11.9. The summed E-state index contributed by atoms with van der Waals surface area (Å²) in [4.78, 5) is 23.5. The van der Waals surface area contributed by atoms with Crippen molar-refractivity contribution < 1.29 is 14.3 Å². The third kappa shape index (κ3) is 7.33. The number of benzene rings is 1. The lowest BCUT2D eigenvalue weighted by Crippen LogP contribution is -2.39. The highest BCUT2D eigenvalue weighted by Gasteiger charge is 2.23. The fraction of sp³-hybridized carbons (Fsp3) is 0.524. The number of nitrogens with one attached hydrogen (secondary N) is 3. The highest BCUT2D eigenvalue weighted by atomic mass is 16.5. The lowest BCUT2D eigenvalue weighted by molar-refractivity contribution is -0.123. The Balaban J connectivity index is 1.28. The zero-order chi connectivity index (χ0) is 18.9. The number of carbonyl (C=O) groups excluding carboxylic acids is 2. The summed E-state index contributed by atoms with van der Waals surface area (Å²) in [7, 11) is 0. The van der Waals surface area contributed by atoms with Crippen LogP contribution in [-0.2, 0) is 11.2 Å². The van der Waals surface area contributed by atoms with E-state index in [-0.39, 0.29) is 18.5 Å². The number of hydrogen-bond donors (Lipinski definition) is 3. The molecule has 6 nitrogen and oxygen atoms in total. The third-order valence-corrected chi connectivity index (χ3v) is 4.86. The minimum atomic E-state index is -0.105. The van der Waals surface area contributed by atoms with E-state index in [0.29, 0.717) is 24.3 Å². The van der Waals surface area contributed by atoms with Crippen LogP contribution in [0.15, 0.2) is 36.4 Å². The van der Waals surface area contributed by atoms with Crippen LogP contribution in [-0.4, -0.2) is 37.7 Å². The number of rotatable bonds is 9. The Hall–Kier alpha value is -2.50. The molecule has 1 fully saturated rings. The summed E-state index contributed by atoms with van der Waals surface area (Å²) in [5, 5.41) is 8.74. The Labute approximate surface area is 160 Å². The van der Waals surface area contributed by atoms with Crippen molar-refractivity contribution in [1.29, 1.82) is 0 Å². The molecule has 0 unspecified atom stereocenters. The SMILES string of the molecule is O=C(COc1ccc(CCNC(=O)NC[C@@H]2CC=CCC2)cc1)NC1CC1. The van der Waals surface area contributed by atoms with Crippen molar-refractivity contribution in [3.8, 4) is 5.75 Å². The quantitative estimate of drug-likeness (QED) is 0.584. The van der Waals surface area contributed by atoms with Gasteiger partial charge in [0.15, 0.2) is 6.61 Å². The van der Waals surface area contributed by atoms with Crippen LogP contribution >= 0.6 is 0 Å². The van der Waals surface area contributed by atoms with E-state index in [2.05, 4.69) is 28.1 Å². The van der Waals surface area contributed by atoms with Crippen LogP contribution in [0.2, 0.25) is 0 Å². The average molecular weight is 371 g/mol. The fourth-order valence-corrected chi connectivity index (χ4v) is 3.06. The molecule has 0 spiro atoms. The van der Waals surface area contributed by atoms with Crippen LogP contribution in [0, 0.1) is 5.92 Å². The minimum absolute atomic E-state index is 0.0500. The standard InChI is InChI=1S/C21H29N3O3/c25-20(24-18-8-9-18)15-27-19-10-6-16(7-11-19)12-13-22-21(26)23-14-17-4-2-1-3-5-17/h1-2,6-7,10-11,17-18H,3-5,8-9,12-15H2,(H,24,25)(H2,22,23,26)/t17-/m1/s1. The lowest BCUT2D eigenvalue weighted by atomic mass is 9.94. The van der Waals surface area contributed by atoms with E-state index < -0.39 is 0 Å². The summed E-state index contributed by atoms with van der Waals surface area (Å²) < 4.78 is 5.49. The van der Waals surface area contributed by atoms with Crippen LogP contribution < -0.4 is 20.7 Å². The van der Waals surface area contributed by atoms with Crippen LogP contribution in [0.25, 0.3) is 0 Å². The third-order valence-electron chi connectivity index (χ3n) is 4.86. The molecular weight excluding hydrogens is 342 g/mol. The monoisotopic (exact) mass is 371 g/mol. The molecular formula is C21H29N3O3. The minimum Gasteiger partial charge on any atom is -0.484 e. The van der Waals surface area contributed by atoms with Gasteiger partial charge >= 0.3 is 6.03 Å². The molecule has 1 saturated carbocycles. The fourth-order valence-electron chi connectivity index (χ4n) is 3.06. The van der Waals surface area contributed by atoms with Gasteiger partial charge in [0.05, 0.1) is 0 Å².